The number of methoxy groups -OCH3 is 1. The van der Waals surface area contributed by atoms with Crippen LogP contribution in [0.25, 0.3) is 0 Å². The predicted octanol–water partition coefficient (Wildman–Crippen LogP) is 1.40. The molecule has 0 fully saturated rings. The third-order valence-electron chi connectivity index (χ3n) is 2.63. The Morgan fingerprint density at radius 3 is 2.59 bits per heavy atom. The largest absolute Gasteiger partial charge is 0.464 e. The van der Waals surface area contributed by atoms with Gasteiger partial charge in [0.25, 0.3) is 0 Å². The van der Waals surface area contributed by atoms with Crippen LogP contribution in [0.5, 0.6) is 0 Å². The van der Waals surface area contributed by atoms with Crippen molar-refractivity contribution in [1.29, 1.82) is 0 Å². The van der Waals surface area contributed by atoms with Gasteiger partial charge >= 0.3 is 22.4 Å². The average molecular weight is 334 g/mol. The lowest BCUT2D eigenvalue weighted by Gasteiger charge is -2.14. The van der Waals surface area contributed by atoms with Crippen LogP contribution in [0.2, 0.25) is 0 Å². The second-order valence-electron chi connectivity index (χ2n) is 4.18. The summed E-state index contributed by atoms with van der Waals surface area (Å²) >= 11 is 0. The van der Waals surface area contributed by atoms with Crippen LogP contribution in [0.1, 0.15) is 11.1 Å². The van der Waals surface area contributed by atoms with Gasteiger partial charge in [-0.25, -0.2) is 4.79 Å². The summed E-state index contributed by atoms with van der Waals surface area (Å²) < 4.78 is 70.7. The van der Waals surface area contributed by atoms with Crippen molar-refractivity contribution < 1.29 is 31.1 Å². The Kier molecular flexibility index (Phi) is 3.96. The SMILES string of the molecule is COC(=O)C1=CC(c2cccc(C(F)(F)F)c2)=NS(=O)(=O)N1. The molecule has 1 aliphatic rings. The van der Waals surface area contributed by atoms with Crippen molar-refractivity contribution >= 4 is 21.9 Å². The van der Waals surface area contributed by atoms with Gasteiger partial charge in [0.05, 0.1) is 18.4 Å². The van der Waals surface area contributed by atoms with Crippen LogP contribution in [0.15, 0.2) is 40.4 Å². The van der Waals surface area contributed by atoms with Gasteiger partial charge in [-0.15, -0.1) is 4.40 Å². The molecule has 0 saturated carbocycles. The predicted molar refractivity (Wildman–Crippen MR) is 70.1 cm³/mol. The minimum Gasteiger partial charge on any atom is -0.464 e. The summed E-state index contributed by atoms with van der Waals surface area (Å²) in [7, 11) is -3.21. The standard InChI is InChI=1S/C12H9F3N2O4S/c1-21-11(18)10-6-9(16-22(19,20)17-10)7-3-2-4-8(5-7)12(13,14)15/h2-6,17H,1H3. The third kappa shape index (κ3) is 3.45. The summed E-state index contributed by atoms with van der Waals surface area (Å²) in [4.78, 5) is 11.4. The summed E-state index contributed by atoms with van der Waals surface area (Å²) in [5, 5.41) is 0. The number of allylic oxidation sites excluding steroid dienone is 1. The average Bonchev–Trinajstić information content (AvgIpc) is 2.44. The van der Waals surface area contributed by atoms with E-state index in [4.69, 9.17) is 0 Å². The number of esters is 1. The highest BCUT2D eigenvalue weighted by molar-refractivity contribution is 7.88. The van der Waals surface area contributed by atoms with Crippen molar-refractivity contribution in [2.24, 2.45) is 4.40 Å². The molecule has 0 aromatic heterocycles. The highest BCUT2D eigenvalue weighted by Crippen LogP contribution is 2.30. The molecule has 0 atom stereocenters. The summed E-state index contributed by atoms with van der Waals surface area (Å²) in [6, 6.07) is 3.94. The van der Waals surface area contributed by atoms with Crippen LogP contribution >= 0.6 is 0 Å². The minimum atomic E-state index is -4.59. The van der Waals surface area contributed by atoms with Crippen LogP contribution in [0.3, 0.4) is 0 Å². The molecule has 0 radical (unpaired) electrons. The van der Waals surface area contributed by atoms with Crippen molar-refractivity contribution in [2.75, 3.05) is 7.11 Å². The van der Waals surface area contributed by atoms with E-state index >= 15 is 0 Å². The molecule has 1 N–H and O–H groups in total. The van der Waals surface area contributed by atoms with Gasteiger partial charge in [0.15, 0.2) is 0 Å². The van der Waals surface area contributed by atoms with Crippen molar-refractivity contribution in [3.05, 3.63) is 47.2 Å². The minimum absolute atomic E-state index is 0.0960. The van der Waals surface area contributed by atoms with Crippen LogP contribution in [-0.2, 0) is 25.9 Å². The molecular weight excluding hydrogens is 325 g/mol. The number of carbonyl (C=O) groups is 1. The Bertz CT molecular complexity index is 782. The fourth-order valence-electron chi connectivity index (χ4n) is 1.69. The maximum atomic E-state index is 12.7. The molecule has 2 rings (SSSR count). The van der Waals surface area contributed by atoms with Gasteiger partial charge in [-0.2, -0.15) is 21.6 Å². The molecule has 0 amide bonds. The van der Waals surface area contributed by atoms with E-state index in [1.54, 1.807) is 0 Å². The first-order valence-corrected chi connectivity index (χ1v) is 7.17. The smallest absolute Gasteiger partial charge is 0.416 e. The number of alkyl halides is 3. The van der Waals surface area contributed by atoms with Crippen LogP contribution in [0.4, 0.5) is 13.2 Å². The fraction of sp³-hybridized carbons (Fsp3) is 0.167. The first-order chi connectivity index (χ1) is 10.1. The van der Waals surface area contributed by atoms with E-state index in [-0.39, 0.29) is 11.3 Å². The second kappa shape index (κ2) is 5.44. The Morgan fingerprint density at radius 2 is 2.00 bits per heavy atom. The lowest BCUT2D eigenvalue weighted by Crippen LogP contribution is -2.31. The summed E-state index contributed by atoms with van der Waals surface area (Å²) in [5.74, 6) is -0.983. The van der Waals surface area contributed by atoms with Crippen molar-refractivity contribution in [1.82, 2.24) is 4.72 Å². The zero-order valence-corrected chi connectivity index (χ0v) is 11.8. The molecule has 1 heterocycles. The van der Waals surface area contributed by atoms with Gasteiger partial charge in [0, 0.05) is 5.56 Å². The zero-order valence-electron chi connectivity index (χ0n) is 11.0. The first-order valence-electron chi connectivity index (χ1n) is 5.73. The monoisotopic (exact) mass is 334 g/mol. The highest BCUT2D eigenvalue weighted by atomic mass is 32.2. The van der Waals surface area contributed by atoms with E-state index in [1.807, 2.05) is 4.72 Å². The second-order valence-corrected chi connectivity index (χ2v) is 5.52. The number of rotatable bonds is 2. The molecule has 0 saturated heterocycles. The quantitative estimate of drug-likeness (QED) is 0.829. The number of benzene rings is 1. The normalized spacial score (nSPS) is 17.1. The van der Waals surface area contributed by atoms with E-state index < -0.39 is 33.6 Å². The lowest BCUT2D eigenvalue weighted by atomic mass is 10.1. The van der Waals surface area contributed by atoms with Gasteiger partial charge in [0.1, 0.15) is 5.70 Å². The van der Waals surface area contributed by atoms with Crippen LogP contribution in [0, 0.1) is 0 Å². The number of ether oxygens (including phenoxy) is 1. The summed E-state index contributed by atoms with van der Waals surface area (Å²) in [6.07, 6.45) is -3.58. The molecule has 118 valence electrons. The van der Waals surface area contributed by atoms with E-state index in [9.17, 15) is 26.4 Å². The molecular formula is C12H9F3N2O4S. The lowest BCUT2D eigenvalue weighted by molar-refractivity contribution is -0.138. The molecule has 0 aliphatic carbocycles. The summed E-state index contributed by atoms with van der Waals surface area (Å²) in [5.41, 5.74) is -1.80. The molecule has 1 aromatic carbocycles. The Balaban J connectivity index is 2.53. The van der Waals surface area contributed by atoms with Gasteiger partial charge in [-0.3, -0.25) is 4.72 Å². The number of nitrogens with zero attached hydrogens (tertiary/aromatic N) is 1. The van der Waals surface area contributed by atoms with Gasteiger partial charge in [-0.05, 0) is 18.2 Å². The van der Waals surface area contributed by atoms with Gasteiger partial charge in [0.2, 0.25) is 0 Å². The molecule has 6 nitrogen and oxygen atoms in total. The van der Waals surface area contributed by atoms with E-state index in [0.29, 0.717) is 0 Å². The van der Waals surface area contributed by atoms with Gasteiger partial charge in [-0.1, -0.05) is 12.1 Å². The molecule has 22 heavy (non-hydrogen) atoms. The number of nitrogens with one attached hydrogen (secondary N) is 1. The zero-order chi connectivity index (χ0) is 16.5. The first kappa shape index (κ1) is 16.0. The van der Waals surface area contributed by atoms with E-state index in [0.717, 1.165) is 31.4 Å². The number of halogens is 3. The molecule has 0 unspecified atom stereocenters. The maximum absolute atomic E-state index is 12.7. The van der Waals surface area contributed by atoms with E-state index in [2.05, 4.69) is 9.13 Å². The Labute approximate surface area is 123 Å². The highest BCUT2D eigenvalue weighted by Gasteiger charge is 2.31. The number of hydrogen-bond acceptors (Lipinski definition) is 4. The maximum Gasteiger partial charge on any atom is 0.416 e. The van der Waals surface area contributed by atoms with Crippen LogP contribution < -0.4 is 4.72 Å². The van der Waals surface area contributed by atoms with Crippen molar-refractivity contribution in [3.8, 4) is 0 Å². The molecule has 1 aromatic rings. The van der Waals surface area contributed by atoms with E-state index in [1.165, 1.54) is 6.07 Å². The van der Waals surface area contributed by atoms with Crippen molar-refractivity contribution in [2.45, 2.75) is 6.18 Å². The Hall–Kier alpha value is -2.36. The summed E-state index contributed by atoms with van der Waals surface area (Å²) in [6.45, 7) is 0. The molecule has 1 aliphatic heterocycles. The topological polar surface area (TPSA) is 84.8 Å². The number of carbonyl (C=O) groups excluding carboxylic acids is 1. The third-order valence-corrected chi connectivity index (χ3v) is 3.54. The molecule has 0 spiro atoms. The molecule has 0 bridgehead atoms. The van der Waals surface area contributed by atoms with Gasteiger partial charge < -0.3 is 4.74 Å². The van der Waals surface area contributed by atoms with Crippen molar-refractivity contribution in [3.63, 3.8) is 0 Å². The molecule has 10 heteroatoms. The van der Waals surface area contributed by atoms with Crippen LogP contribution in [-0.4, -0.2) is 27.2 Å². The Morgan fingerprint density at radius 1 is 1.32 bits per heavy atom. The number of hydrogen-bond donors (Lipinski definition) is 1. The fourth-order valence-corrected chi connectivity index (χ4v) is 2.57.